The van der Waals surface area contributed by atoms with Crippen molar-refractivity contribution in [2.24, 2.45) is 0 Å². The van der Waals surface area contributed by atoms with Gasteiger partial charge in [-0.05, 0) is 12.8 Å². The number of unbranched alkanes of at least 4 members (excludes halogenated alkanes) is 43. The quantitative estimate of drug-likeness (QED) is 0.0305. The van der Waals surface area contributed by atoms with E-state index in [9.17, 15) is 24.2 Å². The van der Waals surface area contributed by atoms with Crippen molar-refractivity contribution < 1.29 is 47.8 Å². The zero-order valence-electron chi connectivity index (χ0n) is 44.9. The van der Waals surface area contributed by atoms with Gasteiger partial charge in [-0.15, -0.1) is 0 Å². The van der Waals surface area contributed by atoms with Gasteiger partial charge in [-0.1, -0.05) is 290 Å². The summed E-state index contributed by atoms with van der Waals surface area (Å²) in [6.07, 6.45) is 56.6. The summed E-state index contributed by atoms with van der Waals surface area (Å²) in [6.45, 7) is 2.48. The average Bonchev–Trinajstić information content (AvgIpc) is 3.33. The number of ether oxygens (including phenoxy) is 2. The van der Waals surface area contributed by atoms with E-state index in [-0.39, 0.29) is 19.4 Å². The maximum atomic E-state index is 12.7. The monoisotopic (exact) mass is 989 g/mol. The van der Waals surface area contributed by atoms with Crippen molar-refractivity contribution in [2.75, 3.05) is 26.4 Å². The van der Waals surface area contributed by atoms with Gasteiger partial charge >= 0.3 is 19.8 Å². The number of hydrogen-bond acceptors (Lipinski definition) is 9. The lowest BCUT2D eigenvalue weighted by atomic mass is 10.0. The Labute approximate surface area is 420 Å². The molecule has 0 aromatic carbocycles. The second-order valence-corrected chi connectivity index (χ2v) is 21.8. The molecule has 0 fully saturated rings. The van der Waals surface area contributed by atoms with E-state index in [1.807, 2.05) is 0 Å². The second-order valence-electron chi connectivity index (χ2n) is 20.4. The molecular weight excluding hydrogens is 876 g/mol. The van der Waals surface area contributed by atoms with Gasteiger partial charge in [0, 0.05) is 12.8 Å². The van der Waals surface area contributed by atoms with Gasteiger partial charge in [-0.25, -0.2) is 4.57 Å². The van der Waals surface area contributed by atoms with Crippen molar-refractivity contribution in [2.45, 2.75) is 328 Å². The lowest BCUT2D eigenvalue weighted by Gasteiger charge is -2.20. The van der Waals surface area contributed by atoms with Crippen LogP contribution in [-0.4, -0.2) is 65.7 Å². The Bertz CT molecular complexity index is 1090. The van der Waals surface area contributed by atoms with Gasteiger partial charge in [0.15, 0.2) is 6.10 Å². The Balaban J connectivity index is 4.03. The summed E-state index contributed by atoms with van der Waals surface area (Å²) in [5.41, 5.74) is 0. The van der Waals surface area contributed by atoms with Crippen LogP contribution in [0.5, 0.6) is 0 Å². The molecule has 3 atom stereocenters. The number of rotatable bonds is 57. The van der Waals surface area contributed by atoms with Gasteiger partial charge in [-0.2, -0.15) is 0 Å². The van der Waals surface area contributed by atoms with Crippen LogP contribution in [0.1, 0.15) is 316 Å². The van der Waals surface area contributed by atoms with Gasteiger partial charge in [0.25, 0.3) is 0 Å². The third kappa shape index (κ3) is 52.8. The highest BCUT2D eigenvalue weighted by molar-refractivity contribution is 7.47. The van der Waals surface area contributed by atoms with Crippen molar-refractivity contribution in [1.82, 2.24) is 0 Å². The summed E-state index contributed by atoms with van der Waals surface area (Å²) in [5, 5.41) is 18.5. The lowest BCUT2D eigenvalue weighted by molar-refractivity contribution is -0.161. The fourth-order valence-corrected chi connectivity index (χ4v) is 9.79. The van der Waals surface area contributed by atoms with Gasteiger partial charge < -0.3 is 24.6 Å². The van der Waals surface area contributed by atoms with Crippen LogP contribution in [-0.2, 0) is 32.7 Å². The maximum absolute atomic E-state index is 12.7. The minimum Gasteiger partial charge on any atom is -0.462 e. The number of aliphatic hydroxyl groups is 2. The fraction of sp³-hybridized carbons (Fsp3) is 0.965. The SMILES string of the molecule is CCCCCCCCCCCCCCCCCCCCCCCCCC(=O)OC(COC(=O)CCCCCCCCCCCCCCCCCCCCCCCC)COP(=O)(O)OCC(O)CO. The number of hydrogen-bond donors (Lipinski definition) is 3. The van der Waals surface area contributed by atoms with Crippen molar-refractivity contribution in [3.05, 3.63) is 0 Å². The standard InChI is InChI=1S/C57H113O10P/c1-3-5-7-9-11-13-15-17-19-21-23-25-27-29-31-33-35-37-39-41-43-45-47-49-57(61)67-55(53-66-68(62,63)65-51-54(59)50-58)52-64-56(60)48-46-44-42-40-38-36-34-32-30-28-26-24-22-20-18-16-14-12-10-8-6-4-2/h54-55,58-59H,3-53H2,1-2H3,(H,62,63). The van der Waals surface area contributed by atoms with Crippen molar-refractivity contribution in [1.29, 1.82) is 0 Å². The molecule has 0 amide bonds. The Morgan fingerprint density at radius 3 is 0.912 bits per heavy atom. The molecule has 0 aliphatic rings. The van der Waals surface area contributed by atoms with Crippen molar-refractivity contribution in [3.8, 4) is 0 Å². The molecule has 3 N–H and O–H groups in total. The van der Waals surface area contributed by atoms with Crippen LogP contribution < -0.4 is 0 Å². The molecule has 0 saturated heterocycles. The van der Waals surface area contributed by atoms with E-state index in [2.05, 4.69) is 13.8 Å². The van der Waals surface area contributed by atoms with Crippen LogP contribution in [0, 0.1) is 0 Å². The molecule has 0 spiro atoms. The molecule has 10 nitrogen and oxygen atoms in total. The zero-order valence-corrected chi connectivity index (χ0v) is 45.8. The number of esters is 2. The largest absolute Gasteiger partial charge is 0.472 e. The van der Waals surface area contributed by atoms with E-state index in [0.29, 0.717) is 12.8 Å². The summed E-state index contributed by atoms with van der Waals surface area (Å²) in [4.78, 5) is 35.3. The second kappa shape index (κ2) is 53.8. The smallest absolute Gasteiger partial charge is 0.462 e. The Morgan fingerprint density at radius 1 is 0.382 bits per heavy atom. The van der Waals surface area contributed by atoms with E-state index in [0.717, 1.165) is 32.1 Å². The Morgan fingerprint density at radius 2 is 0.632 bits per heavy atom. The molecular formula is C57H113O10P. The molecule has 68 heavy (non-hydrogen) atoms. The first-order chi connectivity index (χ1) is 33.2. The molecule has 3 unspecified atom stereocenters. The molecule has 11 heteroatoms. The molecule has 0 radical (unpaired) electrons. The normalized spacial score (nSPS) is 13.4. The van der Waals surface area contributed by atoms with Crippen LogP contribution in [0.25, 0.3) is 0 Å². The third-order valence-electron chi connectivity index (χ3n) is 13.5. The molecule has 0 rings (SSSR count). The van der Waals surface area contributed by atoms with Gasteiger partial charge in [0.2, 0.25) is 0 Å². The number of aliphatic hydroxyl groups excluding tert-OH is 2. The summed E-state index contributed by atoms with van der Waals surface area (Å²) < 4.78 is 33.0. The molecule has 0 aromatic heterocycles. The topological polar surface area (TPSA) is 149 Å². The van der Waals surface area contributed by atoms with E-state index in [1.165, 1.54) is 244 Å². The first-order valence-corrected chi connectivity index (χ1v) is 31.0. The predicted molar refractivity (Wildman–Crippen MR) is 284 cm³/mol. The number of phosphoric ester groups is 1. The highest BCUT2D eigenvalue weighted by Crippen LogP contribution is 2.43. The Kier molecular flexibility index (Phi) is 52.9. The highest BCUT2D eigenvalue weighted by Gasteiger charge is 2.27. The number of phosphoric acid groups is 1. The lowest BCUT2D eigenvalue weighted by Crippen LogP contribution is -2.29. The van der Waals surface area contributed by atoms with Gasteiger partial charge in [-0.3, -0.25) is 18.6 Å². The molecule has 0 aliphatic carbocycles. The maximum Gasteiger partial charge on any atom is 0.472 e. The number of carbonyl (C=O) groups excluding carboxylic acids is 2. The summed E-state index contributed by atoms with van der Waals surface area (Å²) in [6, 6.07) is 0. The van der Waals surface area contributed by atoms with Gasteiger partial charge in [0.05, 0.1) is 19.8 Å². The molecule has 0 saturated carbocycles. The summed E-state index contributed by atoms with van der Waals surface area (Å²) in [5.74, 6) is -0.898. The van der Waals surface area contributed by atoms with Crippen LogP contribution in [0.3, 0.4) is 0 Å². The van der Waals surface area contributed by atoms with Crippen LogP contribution in [0.15, 0.2) is 0 Å². The van der Waals surface area contributed by atoms with E-state index in [4.69, 9.17) is 23.6 Å². The molecule has 0 aromatic rings. The van der Waals surface area contributed by atoms with E-state index in [1.54, 1.807) is 0 Å². The first-order valence-electron chi connectivity index (χ1n) is 29.5. The van der Waals surface area contributed by atoms with Gasteiger partial charge in [0.1, 0.15) is 12.7 Å². The summed E-state index contributed by atoms with van der Waals surface area (Å²) in [7, 11) is -4.62. The van der Waals surface area contributed by atoms with Crippen molar-refractivity contribution >= 4 is 19.8 Å². The third-order valence-corrected chi connectivity index (χ3v) is 14.5. The number of carbonyl (C=O) groups is 2. The minimum absolute atomic E-state index is 0.194. The summed E-state index contributed by atoms with van der Waals surface area (Å²) >= 11 is 0. The predicted octanol–water partition coefficient (Wildman–Crippen LogP) is 17.3. The van der Waals surface area contributed by atoms with E-state index >= 15 is 0 Å². The Hall–Kier alpha value is -1.03. The zero-order chi connectivity index (χ0) is 49.7. The minimum atomic E-state index is -4.62. The van der Waals surface area contributed by atoms with Crippen LogP contribution in [0.4, 0.5) is 0 Å². The van der Waals surface area contributed by atoms with Crippen LogP contribution in [0.2, 0.25) is 0 Å². The fourth-order valence-electron chi connectivity index (χ4n) is 9.00. The molecule has 406 valence electrons. The molecule has 0 aliphatic heterocycles. The molecule has 0 heterocycles. The van der Waals surface area contributed by atoms with E-state index < -0.39 is 51.8 Å². The van der Waals surface area contributed by atoms with Crippen LogP contribution >= 0.6 is 7.82 Å². The molecule has 0 bridgehead atoms. The van der Waals surface area contributed by atoms with Crippen molar-refractivity contribution in [3.63, 3.8) is 0 Å². The average molecular weight is 989 g/mol. The highest BCUT2D eigenvalue weighted by atomic mass is 31.2. The first kappa shape index (κ1) is 67.0.